The Kier molecular flexibility index (Phi) is 4.17. The van der Waals surface area contributed by atoms with Crippen LogP contribution in [0.3, 0.4) is 0 Å². The molecule has 3 rings (SSSR count). The number of fused-ring (bicyclic) bond motifs is 1. The quantitative estimate of drug-likeness (QED) is 0.856. The minimum absolute atomic E-state index is 0.164. The lowest BCUT2D eigenvalue weighted by atomic mass is 10.1. The van der Waals surface area contributed by atoms with Crippen molar-refractivity contribution in [1.82, 2.24) is 15.5 Å². The van der Waals surface area contributed by atoms with Crippen molar-refractivity contribution < 1.29 is 14.3 Å². The summed E-state index contributed by atoms with van der Waals surface area (Å²) in [7, 11) is 0. The van der Waals surface area contributed by atoms with Gasteiger partial charge in [0, 0.05) is 12.0 Å². The van der Waals surface area contributed by atoms with Crippen LogP contribution >= 0.6 is 0 Å². The third-order valence-electron chi connectivity index (χ3n) is 3.64. The Balaban J connectivity index is 1.87. The van der Waals surface area contributed by atoms with Gasteiger partial charge in [0.1, 0.15) is 6.10 Å². The van der Waals surface area contributed by atoms with Crippen molar-refractivity contribution in [3.63, 3.8) is 0 Å². The van der Waals surface area contributed by atoms with E-state index in [0.717, 1.165) is 0 Å². The lowest BCUT2D eigenvalue weighted by molar-refractivity contribution is 0.0402. The van der Waals surface area contributed by atoms with E-state index >= 15 is 0 Å². The van der Waals surface area contributed by atoms with E-state index in [4.69, 9.17) is 9.47 Å². The second-order valence-electron chi connectivity index (χ2n) is 5.06. The number of aromatic amines is 1. The van der Waals surface area contributed by atoms with Gasteiger partial charge in [-0.2, -0.15) is 5.10 Å². The molecule has 7 nitrogen and oxygen atoms in total. The Labute approximate surface area is 126 Å². The van der Waals surface area contributed by atoms with Crippen molar-refractivity contribution in [2.24, 2.45) is 0 Å². The van der Waals surface area contributed by atoms with Crippen LogP contribution in [0.1, 0.15) is 17.4 Å². The van der Waals surface area contributed by atoms with Gasteiger partial charge in [0.25, 0.3) is 11.5 Å². The van der Waals surface area contributed by atoms with Crippen LogP contribution in [0.15, 0.2) is 29.1 Å². The summed E-state index contributed by atoms with van der Waals surface area (Å²) in [5.74, 6) is -0.354. The number of aromatic nitrogens is 2. The van der Waals surface area contributed by atoms with Crippen LogP contribution in [0, 0.1) is 0 Å². The SMILES string of the molecule is CCO[C@H]1COC[C@@H]1NC(=O)c1n[nH]c(=O)c2ccccc12. The van der Waals surface area contributed by atoms with E-state index in [0.29, 0.717) is 30.6 Å². The molecule has 7 heteroatoms. The molecule has 0 unspecified atom stereocenters. The van der Waals surface area contributed by atoms with E-state index in [1.807, 2.05) is 6.92 Å². The molecule has 1 aliphatic rings. The maximum atomic E-state index is 12.5. The molecule has 2 aromatic rings. The van der Waals surface area contributed by atoms with Crippen LogP contribution in [0.2, 0.25) is 0 Å². The van der Waals surface area contributed by atoms with E-state index < -0.39 is 0 Å². The molecule has 0 aliphatic carbocycles. The van der Waals surface area contributed by atoms with Crippen LogP contribution in [0.4, 0.5) is 0 Å². The number of rotatable bonds is 4. The molecule has 22 heavy (non-hydrogen) atoms. The number of amides is 1. The zero-order valence-corrected chi connectivity index (χ0v) is 12.2. The fourth-order valence-corrected chi connectivity index (χ4v) is 2.57. The van der Waals surface area contributed by atoms with Gasteiger partial charge in [-0.1, -0.05) is 18.2 Å². The monoisotopic (exact) mass is 303 g/mol. The smallest absolute Gasteiger partial charge is 0.272 e. The van der Waals surface area contributed by atoms with Crippen molar-refractivity contribution in [2.75, 3.05) is 19.8 Å². The van der Waals surface area contributed by atoms with Crippen LogP contribution in [-0.2, 0) is 9.47 Å². The summed E-state index contributed by atoms with van der Waals surface area (Å²) < 4.78 is 10.9. The average Bonchev–Trinajstić information content (AvgIpc) is 2.95. The van der Waals surface area contributed by atoms with Crippen molar-refractivity contribution in [3.8, 4) is 0 Å². The molecule has 0 radical (unpaired) electrons. The van der Waals surface area contributed by atoms with E-state index in [1.165, 1.54) is 0 Å². The van der Waals surface area contributed by atoms with Gasteiger partial charge in [-0.15, -0.1) is 0 Å². The molecule has 1 amide bonds. The highest BCUT2D eigenvalue weighted by Crippen LogP contribution is 2.14. The summed E-state index contributed by atoms with van der Waals surface area (Å²) in [6, 6.07) is 6.66. The standard InChI is InChI=1S/C15H17N3O4/c1-2-22-12-8-21-7-11(12)16-15(20)13-9-5-3-4-6-10(9)14(19)18-17-13/h3-6,11-12H,2,7-8H2,1H3,(H,16,20)(H,18,19)/t11-,12-/m0/s1. The number of H-pyrrole nitrogens is 1. The second-order valence-corrected chi connectivity index (χ2v) is 5.06. The Hall–Kier alpha value is -2.25. The number of nitrogens with zero attached hydrogens (tertiary/aromatic N) is 1. The van der Waals surface area contributed by atoms with Gasteiger partial charge < -0.3 is 14.8 Å². The number of ether oxygens (including phenoxy) is 2. The van der Waals surface area contributed by atoms with Crippen molar-refractivity contribution in [2.45, 2.75) is 19.1 Å². The third-order valence-corrected chi connectivity index (χ3v) is 3.64. The largest absolute Gasteiger partial charge is 0.376 e. The molecule has 2 heterocycles. The Morgan fingerprint density at radius 1 is 1.41 bits per heavy atom. The highest BCUT2D eigenvalue weighted by molar-refractivity contribution is 6.04. The maximum Gasteiger partial charge on any atom is 0.272 e. The number of carbonyl (C=O) groups is 1. The minimum atomic E-state index is -0.354. The molecule has 2 atom stereocenters. The zero-order chi connectivity index (χ0) is 15.5. The van der Waals surface area contributed by atoms with Gasteiger partial charge in [-0.25, -0.2) is 5.10 Å². The summed E-state index contributed by atoms with van der Waals surface area (Å²) in [6.45, 7) is 3.31. The van der Waals surface area contributed by atoms with Gasteiger partial charge in [0.15, 0.2) is 5.69 Å². The second kappa shape index (κ2) is 6.25. The first-order valence-electron chi connectivity index (χ1n) is 7.18. The van der Waals surface area contributed by atoms with Crippen LogP contribution in [0.5, 0.6) is 0 Å². The molecule has 0 saturated carbocycles. The Morgan fingerprint density at radius 2 is 2.18 bits per heavy atom. The number of hydrogen-bond acceptors (Lipinski definition) is 5. The first-order chi connectivity index (χ1) is 10.7. The van der Waals surface area contributed by atoms with Gasteiger partial charge in [0.2, 0.25) is 0 Å². The Bertz CT molecular complexity index is 743. The summed E-state index contributed by atoms with van der Waals surface area (Å²) >= 11 is 0. The Morgan fingerprint density at radius 3 is 2.95 bits per heavy atom. The van der Waals surface area contributed by atoms with Crippen LogP contribution < -0.4 is 10.9 Å². The molecule has 2 N–H and O–H groups in total. The molecule has 1 aromatic carbocycles. The van der Waals surface area contributed by atoms with Gasteiger partial charge in [0.05, 0.1) is 24.6 Å². The molecular weight excluding hydrogens is 286 g/mol. The number of nitrogens with one attached hydrogen (secondary N) is 2. The van der Waals surface area contributed by atoms with E-state index in [-0.39, 0.29) is 29.3 Å². The molecule has 0 spiro atoms. The van der Waals surface area contributed by atoms with Crippen molar-refractivity contribution in [3.05, 3.63) is 40.3 Å². The average molecular weight is 303 g/mol. The molecule has 116 valence electrons. The predicted molar refractivity (Wildman–Crippen MR) is 79.9 cm³/mol. The fraction of sp³-hybridized carbons (Fsp3) is 0.400. The van der Waals surface area contributed by atoms with Crippen molar-refractivity contribution >= 4 is 16.7 Å². The van der Waals surface area contributed by atoms with Gasteiger partial charge in [-0.3, -0.25) is 9.59 Å². The third kappa shape index (κ3) is 2.72. The van der Waals surface area contributed by atoms with E-state index in [9.17, 15) is 9.59 Å². The zero-order valence-electron chi connectivity index (χ0n) is 12.2. The fourth-order valence-electron chi connectivity index (χ4n) is 2.57. The predicted octanol–water partition coefficient (Wildman–Crippen LogP) is 0.457. The normalized spacial score (nSPS) is 21.1. The summed E-state index contributed by atoms with van der Waals surface area (Å²) in [5.41, 5.74) is -0.124. The molecule has 1 aromatic heterocycles. The summed E-state index contributed by atoms with van der Waals surface area (Å²) in [4.78, 5) is 24.2. The molecule has 1 fully saturated rings. The highest BCUT2D eigenvalue weighted by atomic mass is 16.5. The van der Waals surface area contributed by atoms with Crippen LogP contribution in [0.25, 0.3) is 10.8 Å². The molecular formula is C15H17N3O4. The first-order valence-corrected chi connectivity index (χ1v) is 7.18. The molecule has 1 aliphatic heterocycles. The van der Waals surface area contributed by atoms with Gasteiger partial charge >= 0.3 is 0 Å². The number of hydrogen-bond donors (Lipinski definition) is 2. The lowest BCUT2D eigenvalue weighted by Crippen LogP contribution is -2.44. The number of carbonyl (C=O) groups excluding carboxylic acids is 1. The van der Waals surface area contributed by atoms with Crippen LogP contribution in [-0.4, -0.2) is 48.1 Å². The van der Waals surface area contributed by atoms with Gasteiger partial charge in [-0.05, 0) is 13.0 Å². The summed E-state index contributed by atoms with van der Waals surface area (Å²) in [6.07, 6.45) is -0.164. The molecule has 0 bridgehead atoms. The highest BCUT2D eigenvalue weighted by Gasteiger charge is 2.31. The topological polar surface area (TPSA) is 93.3 Å². The van der Waals surface area contributed by atoms with Crippen molar-refractivity contribution in [1.29, 1.82) is 0 Å². The minimum Gasteiger partial charge on any atom is -0.376 e. The first kappa shape index (κ1) is 14.7. The number of benzene rings is 1. The summed E-state index contributed by atoms with van der Waals surface area (Å²) in [5, 5.41) is 10.1. The van der Waals surface area contributed by atoms with E-state index in [1.54, 1.807) is 24.3 Å². The van der Waals surface area contributed by atoms with E-state index in [2.05, 4.69) is 15.5 Å². The molecule has 1 saturated heterocycles. The maximum absolute atomic E-state index is 12.5. The lowest BCUT2D eigenvalue weighted by Gasteiger charge is -2.18.